The highest BCUT2D eigenvalue weighted by Crippen LogP contribution is 2.24. The highest BCUT2D eigenvalue weighted by atomic mass is 19.1. The molecule has 3 heteroatoms. The van der Waals surface area contributed by atoms with Gasteiger partial charge in [-0.15, -0.1) is 0 Å². The topological polar surface area (TPSA) is 15.3 Å². The van der Waals surface area contributed by atoms with Gasteiger partial charge in [0.15, 0.2) is 0 Å². The van der Waals surface area contributed by atoms with Crippen LogP contribution in [0.5, 0.6) is 0 Å². The van der Waals surface area contributed by atoms with Gasteiger partial charge in [0.1, 0.15) is 0 Å². The lowest BCUT2D eigenvalue weighted by atomic mass is 9.94. The van der Waals surface area contributed by atoms with E-state index >= 15 is 0 Å². The average molecular weight is 186 g/mol. The predicted octanol–water partition coefficient (Wildman–Crippen LogP) is 1.03. The minimum absolute atomic E-state index is 0.167. The maximum Gasteiger partial charge on any atom is 0.0906 e. The van der Waals surface area contributed by atoms with Crippen molar-refractivity contribution in [1.29, 1.82) is 0 Å². The molecular weight excluding hydrogens is 167 g/mol. The number of rotatable bonds is 3. The fourth-order valence-corrected chi connectivity index (χ4v) is 2.60. The van der Waals surface area contributed by atoms with Gasteiger partial charge in [-0.3, -0.25) is 4.39 Å². The van der Waals surface area contributed by atoms with Crippen molar-refractivity contribution in [2.75, 3.05) is 32.9 Å². The Bertz CT molecular complexity index is 149. The Hall–Kier alpha value is -0.150. The van der Waals surface area contributed by atoms with Gasteiger partial charge < -0.3 is 10.2 Å². The second-order valence-electron chi connectivity index (χ2n) is 4.27. The molecule has 2 rings (SSSR count). The number of alkyl halides is 1. The highest BCUT2D eigenvalue weighted by Gasteiger charge is 2.33. The number of hydrogen-bond donors (Lipinski definition) is 1. The molecular formula is C10H19FN2. The molecule has 2 fully saturated rings. The first kappa shape index (κ1) is 9.41. The number of likely N-dealkylation sites (tertiary alicyclic amines) is 1. The van der Waals surface area contributed by atoms with Gasteiger partial charge in [-0.25, -0.2) is 0 Å². The number of nitrogens with one attached hydrogen (secondary N) is 1. The van der Waals surface area contributed by atoms with E-state index in [2.05, 4.69) is 10.2 Å². The van der Waals surface area contributed by atoms with Crippen LogP contribution in [0.1, 0.15) is 19.3 Å². The Morgan fingerprint density at radius 3 is 3.08 bits per heavy atom. The maximum absolute atomic E-state index is 12.0. The third-order valence-corrected chi connectivity index (χ3v) is 3.28. The molecule has 13 heavy (non-hydrogen) atoms. The fraction of sp³-hybridized carbons (Fsp3) is 1.00. The number of piperidine rings is 1. The molecule has 0 saturated carbocycles. The molecule has 2 aliphatic heterocycles. The average Bonchev–Trinajstić information content (AvgIpc) is 2.57. The minimum Gasteiger partial charge on any atom is -0.312 e. The smallest absolute Gasteiger partial charge is 0.0906 e. The van der Waals surface area contributed by atoms with Crippen LogP contribution in [0.25, 0.3) is 0 Å². The highest BCUT2D eigenvalue weighted by molar-refractivity contribution is 4.91. The quantitative estimate of drug-likeness (QED) is 0.708. The second kappa shape index (κ2) is 4.38. The summed E-state index contributed by atoms with van der Waals surface area (Å²) < 4.78 is 12.0. The van der Waals surface area contributed by atoms with E-state index in [4.69, 9.17) is 0 Å². The summed E-state index contributed by atoms with van der Waals surface area (Å²) in [4.78, 5) is 2.41. The summed E-state index contributed by atoms with van der Waals surface area (Å²) in [6, 6.07) is 0.702. The van der Waals surface area contributed by atoms with Crippen molar-refractivity contribution in [1.82, 2.24) is 10.2 Å². The zero-order chi connectivity index (χ0) is 9.10. The van der Waals surface area contributed by atoms with Crippen LogP contribution in [0, 0.1) is 5.92 Å². The number of nitrogens with zero attached hydrogens (tertiary/aromatic N) is 1. The molecule has 2 saturated heterocycles. The van der Waals surface area contributed by atoms with Crippen molar-refractivity contribution >= 4 is 0 Å². The Morgan fingerprint density at radius 2 is 2.31 bits per heavy atom. The van der Waals surface area contributed by atoms with Crippen molar-refractivity contribution in [3.63, 3.8) is 0 Å². The molecule has 0 unspecified atom stereocenters. The monoisotopic (exact) mass is 186 g/mol. The molecule has 0 aromatic heterocycles. The summed E-state index contributed by atoms with van der Waals surface area (Å²) in [7, 11) is 0. The summed E-state index contributed by atoms with van der Waals surface area (Å²) in [5, 5.41) is 3.55. The van der Waals surface area contributed by atoms with Crippen LogP contribution < -0.4 is 5.32 Å². The molecule has 2 heterocycles. The molecule has 0 radical (unpaired) electrons. The third kappa shape index (κ3) is 2.20. The van der Waals surface area contributed by atoms with Gasteiger partial charge in [0.25, 0.3) is 0 Å². The molecule has 1 N–H and O–H groups in total. The molecule has 2 aliphatic rings. The largest absolute Gasteiger partial charge is 0.312 e. The summed E-state index contributed by atoms with van der Waals surface area (Å²) in [5.74, 6) is 0.841. The predicted molar refractivity (Wildman–Crippen MR) is 51.5 cm³/mol. The van der Waals surface area contributed by atoms with Gasteiger partial charge in [0.05, 0.1) is 6.67 Å². The fourth-order valence-electron chi connectivity index (χ4n) is 2.60. The number of fused-ring (bicyclic) bond motifs is 1. The van der Waals surface area contributed by atoms with E-state index < -0.39 is 0 Å². The number of halogens is 1. The SMILES string of the molecule is FCCCN1C[C@@H]2CCCN[C@@H]2C1. The Morgan fingerprint density at radius 1 is 1.38 bits per heavy atom. The van der Waals surface area contributed by atoms with E-state index in [9.17, 15) is 4.39 Å². The molecule has 0 bridgehead atoms. The lowest BCUT2D eigenvalue weighted by Crippen LogP contribution is -2.40. The van der Waals surface area contributed by atoms with Gasteiger partial charge in [-0.2, -0.15) is 0 Å². The van der Waals surface area contributed by atoms with E-state index in [0.717, 1.165) is 19.0 Å². The van der Waals surface area contributed by atoms with Crippen LogP contribution in [0.2, 0.25) is 0 Å². The molecule has 0 aromatic rings. The van der Waals surface area contributed by atoms with Gasteiger partial charge in [0.2, 0.25) is 0 Å². The Kier molecular flexibility index (Phi) is 3.17. The maximum atomic E-state index is 12.0. The van der Waals surface area contributed by atoms with Crippen molar-refractivity contribution < 1.29 is 4.39 Å². The zero-order valence-electron chi connectivity index (χ0n) is 8.14. The third-order valence-electron chi connectivity index (χ3n) is 3.28. The van der Waals surface area contributed by atoms with Crippen molar-refractivity contribution in [2.24, 2.45) is 5.92 Å². The van der Waals surface area contributed by atoms with E-state index in [1.165, 1.54) is 25.9 Å². The first-order valence-electron chi connectivity index (χ1n) is 5.42. The standard InChI is InChI=1S/C10H19FN2/c11-4-2-6-13-7-9-3-1-5-12-10(9)8-13/h9-10,12H,1-8H2/t9-,10+/m0/s1. The second-order valence-corrected chi connectivity index (χ2v) is 4.27. The van der Waals surface area contributed by atoms with Gasteiger partial charge in [-0.05, 0) is 31.7 Å². The molecule has 76 valence electrons. The van der Waals surface area contributed by atoms with E-state index in [1.54, 1.807) is 0 Å². The van der Waals surface area contributed by atoms with Crippen LogP contribution in [0.15, 0.2) is 0 Å². The van der Waals surface area contributed by atoms with Gasteiger partial charge in [0, 0.05) is 25.7 Å². The van der Waals surface area contributed by atoms with Crippen LogP contribution in [0.3, 0.4) is 0 Å². The summed E-state index contributed by atoms with van der Waals surface area (Å²) >= 11 is 0. The minimum atomic E-state index is -0.167. The molecule has 2 nitrogen and oxygen atoms in total. The van der Waals surface area contributed by atoms with Crippen molar-refractivity contribution in [2.45, 2.75) is 25.3 Å². The van der Waals surface area contributed by atoms with Gasteiger partial charge >= 0.3 is 0 Å². The molecule has 0 aromatic carbocycles. The molecule has 0 amide bonds. The van der Waals surface area contributed by atoms with Crippen LogP contribution >= 0.6 is 0 Å². The van der Waals surface area contributed by atoms with E-state index in [0.29, 0.717) is 12.5 Å². The first-order chi connectivity index (χ1) is 6.40. The molecule has 0 aliphatic carbocycles. The lowest BCUT2D eigenvalue weighted by Gasteiger charge is -2.24. The lowest BCUT2D eigenvalue weighted by molar-refractivity contribution is 0.299. The zero-order valence-corrected chi connectivity index (χ0v) is 8.14. The van der Waals surface area contributed by atoms with Crippen LogP contribution in [-0.2, 0) is 0 Å². The molecule has 0 spiro atoms. The van der Waals surface area contributed by atoms with Crippen molar-refractivity contribution in [3.8, 4) is 0 Å². The van der Waals surface area contributed by atoms with Crippen LogP contribution in [0.4, 0.5) is 4.39 Å². The molecule has 2 atom stereocenters. The van der Waals surface area contributed by atoms with Crippen molar-refractivity contribution in [3.05, 3.63) is 0 Å². The summed E-state index contributed by atoms with van der Waals surface area (Å²) in [6.07, 6.45) is 3.39. The summed E-state index contributed by atoms with van der Waals surface area (Å²) in [6.45, 7) is 4.30. The summed E-state index contributed by atoms with van der Waals surface area (Å²) in [5.41, 5.74) is 0. The normalized spacial score (nSPS) is 34.8. The Balaban J connectivity index is 1.77. The first-order valence-corrected chi connectivity index (χ1v) is 5.42. The number of hydrogen-bond acceptors (Lipinski definition) is 2. The van der Waals surface area contributed by atoms with Crippen LogP contribution in [-0.4, -0.2) is 43.8 Å². The van der Waals surface area contributed by atoms with E-state index in [1.807, 2.05) is 0 Å². The van der Waals surface area contributed by atoms with Gasteiger partial charge in [-0.1, -0.05) is 0 Å². The Labute approximate surface area is 79.5 Å². The van der Waals surface area contributed by atoms with E-state index in [-0.39, 0.29) is 6.67 Å².